The summed E-state index contributed by atoms with van der Waals surface area (Å²) in [6, 6.07) is 13.5. The molecule has 2 N–H and O–H groups in total. The zero-order valence-electron chi connectivity index (χ0n) is 16.6. The molecule has 0 aliphatic rings. The molecule has 4 aromatic rings. The second kappa shape index (κ2) is 8.46. The molecular formula is C22H20N4O3S. The molecule has 8 heteroatoms. The van der Waals surface area contributed by atoms with E-state index in [0.717, 1.165) is 27.8 Å². The van der Waals surface area contributed by atoms with Gasteiger partial charge in [0.15, 0.2) is 10.7 Å². The first-order valence-electron chi connectivity index (χ1n) is 9.42. The van der Waals surface area contributed by atoms with Crippen LogP contribution < -0.4 is 10.6 Å². The van der Waals surface area contributed by atoms with Crippen molar-refractivity contribution in [2.24, 2.45) is 0 Å². The zero-order valence-corrected chi connectivity index (χ0v) is 17.4. The Labute approximate surface area is 177 Å². The zero-order chi connectivity index (χ0) is 21.1. The number of nitrogens with one attached hydrogen (secondary N) is 2. The number of amides is 2. The summed E-state index contributed by atoms with van der Waals surface area (Å²) in [5, 5.41) is 12.9. The van der Waals surface area contributed by atoms with Crippen molar-refractivity contribution in [1.82, 2.24) is 15.5 Å². The fraction of sp³-hybridized carbons (Fsp3) is 0.182. The third-order valence-corrected chi connectivity index (χ3v) is 5.33. The molecule has 0 radical (unpaired) electrons. The van der Waals surface area contributed by atoms with Crippen LogP contribution in [0.25, 0.3) is 22.2 Å². The van der Waals surface area contributed by atoms with Gasteiger partial charge >= 0.3 is 0 Å². The SMILES string of the molecule is CC(=O)NCc1ccc(-c2csc(NC(=O)Cc3noc4ccc(C)cc34)n2)cc1. The Morgan fingerprint density at radius 2 is 1.93 bits per heavy atom. The third-order valence-electron chi connectivity index (χ3n) is 4.57. The van der Waals surface area contributed by atoms with Gasteiger partial charge in [-0.15, -0.1) is 11.3 Å². The van der Waals surface area contributed by atoms with Gasteiger partial charge in [0, 0.05) is 29.8 Å². The van der Waals surface area contributed by atoms with E-state index >= 15 is 0 Å². The van der Waals surface area contributed by atoms with Gasteiger partial charge in [-0.05, 0) is 24.6 Å². The summed E-state index contributed by atoms with van der Waals surface area (Å²) in [5.74, 6) is -0.258. The molecule has 0 spiro atoms. The molecule has 2 aromatic carbocycles. The van der Waals surface area contributed by atoms with E-state index in [1.807, 2.05) is 54.8 Å². The maximum atomic E-state index is 12.5. The molecule has 0 aliphatic carbocycles. The first-order valence-corrected chi connectivity index (χ1v) is 10.3. The minimum atomic E-state index is -0.196. The predicted octanol–water partition coefficient (Wildman–Crippen LogP) is 4.08. The lowest BCUT2D eigenvalue weighted by Gasteiger charge is -2.03. The minimum absolute atomic E-state index is 0.0623. The van der Waals surface area contributed by atoms with Gasteiger partial charge in [-0.2, -0.15) is 0 Å². The number of aromatic nitrogens is 2. The number of anilines is 1. The van der Waals surface area contributed by atoms with E-state index in [1.54, 1.807) is 0 Å². The van der Waals surface area contributed by atoms with Crippen molar-refractivity contribution < 1.29 is 14.1 Å². The summed E-state index contributed by atoms with van der Waals surface area (Å²) < 4.78 is 5.29. The molecule has 2 heterocycles. The molecule has 0 saturated heterocycles. The number of rotatable bonds is 6. The van der Waals surface area contributed by atoms with E-state index in [-0.39, 0.29) is 18.2 Å². The van der Waals surface area contributed by atoms with Gasteiger partial charge < -0.3 is 15.2 Å². The predicted molar refractivity (Wildman–Crippen MR) is 116 cm³/mol. The van der Waals surface area contributed by atoms with Crippen LogP contribution in [0.2, 0.25) is 0 Å². The van der Waals surface area contributed by atoms with E-state index in [9.17, 15) is 9.59 Å². The summed E-state index contributed by atoms with van der Waals surface area (Å²) >= 11 is 1.37. The molecule has 152 valence electrons. The molecule has 0 fully saturated rings. The van der Waals surface area contributed by atoms with Crippen molar-refractivity contribution in [3.05, 3.63) is 64.7 Å². The number of hydrogen-bond donors (Lipinski definition) is 2. The number of aryl methyl sites for hydroxylation is 1. The van der Waals surface area contributed by atoms with E-state index in [0.29, 0.717) is 23.0 Å². The van der Waals surface area contributed by atoms with Gasteiger partial charge in [-0.25, -0.2) is 4.98 Å². The van der Waals surface area contributed by atoms with Crippen LogP contribution in [0.3, 0.4) is 0 Å². The second-order valence-electron chi connectivity index (χ2n) is 7.00. The fourth-order valence-corrected chi connectivity index (χ4v) is 3.76. The highest BCUT2D eigenvalue weighted by atomic mass is 32.1. The van der Waals surface area contributed by atoms with Gasteiger partial charge in [0.1, 0.15) is 5.69 Å². The van der Waals surface area contributed by atoms with Crippen molar-refractivity contribution in [3.8, 4) is 11.3 Å². The first-order chi connectivity index (χ1) is 14.5. The summed E-state index contributed by atoms with van der Waals surface area (Å²) in [6.45, 7) is 3.97. The lowest BCUT2D eigenvalue weighted by atomic mass is 10.1. The van der Waals surface area contributed by atoms with Crippen LogP contribution in [-0.2, 0) is 22.6 Å². The molecule has 0 saturated carbocycles. The van der Waals surface area contributed by atoms with E-state index in [4.69, 9.17) is 4.52 Å². The first kappa shape index (κ1) is 19.8. The summed E-state index contributed by atoms with van der Waals surface area (Å²) in [6.07, 6.45) is 0.114. The number of nitrogens with zero attached hydrogens (tertiary/aromatic N) is 2. The van der Waals surface area contributed by atoms with Crippen molar-refractivity contribution >= 4 is 39.3 Å². The minimum Gasteiger partial charge on any atom is -0.356 e. The number of carbonyl (C=O) groups is 2. The van der Waals surface area contributed by atoms with Gasteiger partial charge in [0.05, 0.1) is 12.1 Å². The average Bonchev–Trinajstić information content (AvgIpc) is 3.34. The van der Waals surface area contributed by atoms with E-state index in [2.05, 4.69) is 20.8 Å². The van der Waals surface area contributed by atoms with E-state index in [1.165, 1.54) is 18.3 Å². The molecule has 0 unspecified atom stereocenters. The molecule has 4 rings (SSSR count). The lowest BCUT2D eigenvalue weighted by Crippen LogP contribution is -2.18. The molecule has 0 atom stereocenters. The largest absolute Gasteiger partial charge is 0.356 e. The quantitative estimate of drug-likeness (QED) is 0.490. The molecule has 2 aromatic heterocycles. The maximum Gasteiger partial charge on any atom is 0.232 e. The Morgan fingerprint density at radius 3 is 2.70 bits per heavy atom. The maximum absolute atomic E-state index is 12.5. The number of fused-ring (bicyclic) bond motifs is 1. The van der Waals surface area contributed by atoms with Crippen LogP contribution in [0, 0.1) is 6.92 Å². The van der Waals surface area contributed by atoms with Crippen molar-refractivity contribution in [1.29, 1.82) is 0 Å². The Morgan fingerprint density at radius 1 is 1.13 bits per heavy atom. The smallest absolute Gasteiger partial charge is 0.232 e. The van der Waals surface area contributed by atoms with Gasteiger partial charge in [0.2, 0.25) is 11.8 Å². The molecular weight excluding hydrogens is 400 g/mol. The Bertz CT molecular complexity index is 1210. The molecule has 30 heavy (non-hydrogen) atoms. The molecule has 0 bridgehead atoms. The molecule has 2 amide bonds. The van der Waals surface area contributed by atoms with Crippen molar-refractivity contribution in [2.45, 2.75) is 26.8 Å². The monoisotopic (exact) mass is 420 g/mol. The van der Waals surface area contributed by atoms with Gasteiger partial charge in [-0.1, -0.05) is 41.1 Å². The standard InChI is InChI=1S/C22H20N4O3S/c1-13-3-8-20-17(9-13)18(26-29-20)10-21(28)25-22-24-19(12-30-22)16-6-4-15(5-7-16)11-23-14(2)27/h3-9,12H,10-11H2,1-2H3,(H,23,27)(H,24,25,28). The number of thiazole rings is 1. The number of carbonyl (C=O) groups excluding carboxylic acids is 2. The van der Waals surface area contributed by atoms with Crippen LogP contribution in [0.1, 0.15) is 23.7 Å². The van der Waals surface area contributed by atoms with Crippen LogP contribution in [0.15, 0.2) is 52.4 Å². The summed E-state index contributed by atoms with van der Waals surface area (Å²) in [7, 11) is 0. The normalized spacial score (nSPS) is 10.9. The second-order valence-corrected chi connectivity index (χ2v) is 7.86. The van der Waals surface area contributed by atoms with Crippen molar-refractivity contribution in [3.63, 3.8) is 0 Å². The van der Waals surface area contributed by atoms with Crippen LogP contribution >= 0.6 is 11.3 Å². The Kier molecular flexibility index (Phi) is 5.58. The van der Waals surface area contributed by atoms with Crippen LogP contribution in [0.5, 0.6) is 0 Å². The highest BCUT2D eigenvalue weighted by Gasteiger charge is 2.14. The number of benzene rings is 2. The summed E-state index contributed by atoms with van der Waals surface area (Å²) in [5.41, 5.74) is 5.09. The summed E-state index contributed by atoms with van der Waals surface area (Å²) in [4.78, 5) is 28.0. The average molecular weight is 420 g/mol. The molecule has 0 aliphatic heterocycles. The lowest BCUT2D eigenvalue weighted by molar-refractivity contribution is -0.119. The van der Waals surface area contributed by atoms with Crippen LogP contribution in [-0.4, -0.2) is 22.0 Å². The highest BCUT2D eigenvalue weighted by Crippen LogP contribution is 2.26. The Balaban J connectivity index is 1.40. The van der Waals surface area contributed by atoms with Gasteiger partial charge in [0.25, 0.3) is 0 Å². The van der Waals surface area contributed by atoms with E-state index < -0.39 is 0 Å². The van der Waals surface area contributed by atoms with Crippen LogP contribution in [0.4, 0.5) is 5.13 Å². The number of hydrogen-bond acceptors (Lipinski definition) is 6. The Hall–Kier alpha value is -3.52. The topological polar surface area (TPSA) is 97.1 Å². The third kappa shape index (κ3) is 4.55. The van der Waals surface area contributed by atoms with Gasteiger partial charge in [-0.3, -0.25) is 9.59 Å². The highest BCUT2D eigenvalue weighted by molar-refractivity contribution is 7.14. The fourth-order valence-electron chi connectivity index (χ4n) is 3.03. The molecule has 7 nitrogen and oxygen atoms in total. The van der Waals surface area contributed by atoms with Crippen molar-refractivity contribution in [2.75, 3.05) is 5.32 Å².